The van der Waals surface area contributed by atoms with Crippen LogP contribution >= 0.6 is 0 Å². The number of alkyl halides is 3. The molecule has 3 aromatic rings. The van der Waals surface area contributed by atoms with Gasteiger partial charge < -0.3 is 14.6 Å². The number of anilines is 1. The van der Waals surface area contributed by atoms with Gasteiger partial charge in [0.15, 0.2) is 0 Å². The van der Waals surface area contributed by atoms with Crippen molar-refractivity contribution in [3.05, 3.63) is 83.4 Å². The summed E-state index contributed by atoms with van der Waals surface area (Å²) >= 11 is 0. The fraction of sp³-hybridized carbons (Fsp3) is 0.259. The molecule has 3 rings (SSSR count). The van der Waals surface area contributed by atoms with Gasteiger partial charge in [0.25, 0.3) is 0 Å². The van der Waals surface area contributed by atoms with Crippen LogP contribution in [0, 0.1) is 6.92 Å². The Morgan fingerprint density at radius 2 is 1.47 bits per heavy atom. The average Bonchev–Trinajstić information content (AvgIpc) is 2.78. The van der Waals surface area contributed by atoms with Gasteiger partial charge in [-0.3, -0.25) is 9.69 Å². The molecule has 0 aliphatic rings. The summed E-state index contributed by atoms with van der Waals surface area (Å²) < 4.78 is 46.8. The number of ether oxygens (including phenoxy) is 2. The normalized spacial score (nSPS) is 11.6. The number of nitrogens with zero attached hydrogens (tertiary/aromatic N) is 1. The maximum atomic E-state index is 12.6. The van der Waals surface area contributed by atoms with E-state index < -0.39 is 24.0 Å². The van der Waals surface area contributed by atoms with Crippen LogP contribution in [0.2, 0.25) is 0 Å². The zero-order valence-corrected chi connectivity index (χ0v) is 20.2. The van der Waals surface area contributed by atoms with Gasteiger partial charge in [-0.25, -0.2) is 4.79 Å². The number of hydrogen-bond donors (Lipinski definition) is 1. The molecule has 0 aromatic heterocycles. The lowest BCUT2D eigenvalue weighted by Crippen LogP contribution is -2.36. The van der Waals surface area contributed by atoms with Crippen LogP contribution in [-0.4, -0.2) is 23.3 Å². The smallest absolute Gasteiger partial charge is 0.474 e. The first-order valence-corrected chi connectivity index (χ1v) is 11.0. The molecule has 0 aliphatic carbocycles. The van der Waals surface area contributed by atoms with Gasteiger partial charge in [0, 0.05) is 11.8 Å². The van der Waals surface area contributed by atoms with E-state index in [0.29, 0.717) is 17.0 Å². The summed E-state index contributed by atoms with van der Waals surface area (Å²) in [6.45, 7) is 7.99. The topological polar surface area (TPSA) is 76.1 Å². The summed E-state index contributed by atoms with van der Waals surface area (Å²) in [6.07, 6.45) is -4.81. The molecule has 0 atom stereocenters. The predicted octanol–water partition coefficient (Wildman–Crippen LogP) is 6.60. The lowest BCUT2D eigenvalue weighted by atomic mass is 9.87. The van der Waals surface area contributed by atoms with Crippen molar-refractivity contribution >= 4 is 17.6 Å². The Balaban J connectivity index is 1.87. The Kier molecular flexibility index (Phi) is 7.62. The van der Waals surface area contributed by atoms with E-state index in [1.165, 1.54) is 18.2 Å². The number of aryl methyl sites for hydroxylation is 1. The molecule has 36 heavy (non-hydrogen) atoms. The minimum absolute atomic E-state index is 0.0154. The number of carboxylic acids is 1. The van der Waals surface area contributed by atoms with E-state index in [0.717, 1.165) is 28.2 Å². The largest absolute Gasteiger partial charge is 0.573 e. The average molecular weight is 502 g/mol. The minimum Gasteiger partial charge on any atom is -0.474 e. The number of amides is 1. The lowest BCUT2D eigenvalue weighted by Gasteiger charge is -2.23. The number of carbonyl (C=O) groups excluding carboxylic acids is 1. The molecule has 0 saturated heterocycles. The van der Waals surface area contributed by atoms with Gasteiger partial charge >= 0.3 is 18.2 Å². The summed E-state index contributed by atoms with van der Waals surface area (Å²) in [5, 5.41) is 9.39. The molecule has 9 heteroatoms. The highest BCUT2D eigenvalue weighted by Crippen LogP contribution is 2.32. The number of halogens is 3. The van der Waals surface area contributed by atoms with E-state index in [2.05, 4.69) is 25.5 Å². The summed E-state index contributed by atoms with van der Waals surface area (Å²) in [5.74, 6) is -2.57. The van der Waals surface area contributed by atoms with E-state index in [9.17, 15) is 27.9 Å². The van der Waals surface area contributed by atoms with Crippen molar-refractivity contribution in [1.29, 1.82) is 0 Å². The van der Waals surface area contributed by atoms with Gasteiger partial charge in [0.1, 0.15) is 17.2 Å². The molecular formula is C27H26F3NO5. The monoisotopic (exact) mass is 501 g/mol. The molecule has 0 bridgehead atoms. The first-order chi connectivity index (χ1) is 16.7. The molecule has 3 aromatic carbocycles. The number of carboxylic acid groups (broad SMARTS) is 1. The number of hydrogen-bond acceptors (Lipinski definition) is 4. The summed E-state index contributed by atoms with van der Waals surface area (Å²) in [6, 6.07) is 17.2. The third-order valence-electron chi connectivity index (χ3n) is 5.36. The van der Waals surface area contributed by atoms with Crippen molar-refractivity contribution < 1.29 is 37.3 Å². The van der Waals surface area contributed by atoms with Crippen molar-refractivity contribution in [3.63, 3.8) is 0 Å². The van der Waals surface area contributed by atoms with Gasteiger partial charge in [-0.1, -0.05) is 51.1 Å². The molecule has 0 aliphatic heterocycles. The molecule has 0 unspecified atom stereocenters. The zero-order valence-electron chi connectivity index (χ0n) is 20.2. The van der Waals surface area contributed by atoms with Crippen molar-refractivity contribution in [3.8, 4) is 17.2 Å². The SMILES string of the molecule is Cc1ccc(N(Cc2ccc(C(C)(C)C)cc2)C(=O)C(=O)O)cc1Oc1ccc(OC(F)(F)F)cc1. The minimum atomic E-state index is -4.81. The Hall–Kier alpha value is -4.01. The highest BCUT2D eigenvalue weighted by atomic mass is 19.4. The van der Waals surface area contributed by atoms with E-state index in [1.807, 2.05) is 24.3 Å². The van der Waals surface area contributed by atoms with E-state index >= 15 is 0 Å². The highest BCUT2D eigenvalue weighted by Gasteiger charge is 2.31. The zero-order chi connectivity index (χ0) is 26.7. The van der Waals surface area contributed by atoms with Crippen molar-refractivity contribution in [1.82, 2.24) is 0 Å². The van der Waals surface area contributed by atoms with Gasteiger partial charge in [-0.05, 0) is 59.4 Å². The molecular weight excluding hydrogens is 475 g/mol. The first kappa shape index (κ1) is 26.6. The van der Waals surface area contributed by atoms with E-state index in [-0.39, 0.29) is 17.7 Å². The number of benzene rings is 3. The lowest BCUT2D eigenvalue weighted by molar-refractivity contribution is -0.274. The fourth-order valence-corrected chi connectivity index (χ4v) is 3.39. The van der Waals surface area contributed by atoms with Crippen LogP contribution in [0.15, 0.2) is 66.7 Å². The molecule has 1 N–H and O–H groups in total. The molecule has 0 heterocycles. The second kappa shape index (κ2) is 10.3. The molecule has 0 fully saturated rings. The summed E-state index contributed by atoms with van der Waals surface area (Å²) in [7, 11) is 0. The van der Waals surface area contributed by atoms with Crippen LogP contribution in [0.4, 0.5) is 18.9 Å². The number of carbonyl (C=O) groups is 2. The molecule has 1 amide bonds. The van der Waals surface area contributed by atoms with Gasteiger partial charge in [0.2, 0.25) is 0 Å². The van der Waals surface area contributed by atoms with Crippen molar-refractivity contribution in [2.75, 3.05) is 4.90 Å². The summed E-state index contributed by atoms with van der Waals surface area (Å²) in [4.78, 5) is 25.2. The van der Waals surface area contributed by atoms with Crippen LogP contribution in [0.5, 0.6) is 17.2 Å². The van der Waals surface area contributed by atoms with Crippen LogP contribution in [0.1, 0.15) is 37.5 Å². The third-order valence-corrected chi connectivity index (χ3v) is 5.36. The van der Waals surface area contributed by atoms with Crippen LogP contribution in [0.3, 0.4) is 0 Å². The second-order valence-electron chi connectivity index (χ2n) is 9.21. The highest BCUT2D eigenvalue weighted by molar-refractivity contribution is 6.37. The van der Waals surface area contributed by atoms with Crippen LogP contribution in [-0.2, 0) is 21.5 Å². The Bertz CT molecular complexity index is 1230. The second-order valence-corrected chi connectivity index (χ2v) is 9.21. The molecule has 190 valence electrons. The predicted molar refractivity (Wildman–Crippen MR) is 128 cm³/mol. The standard InChI is InChI=1S/C27H26F3NO5/c1-17-5-10-20(15-23(17)35-21-11-13-22(14-12-21)36-27(28,29)30)31(24(32)25(33)34)16-18-6-8-19(9-7-18)26(2,3)4/h5-15H,16H2,1-4H3,(H,33,34). The molecule has 0 radical (unpaired) electrons. The van der Waals surface area contributed by atoms with E-state index in [1.54, 1.807) is 19.1 Å². The van der Waals surface area contributed by atoms with Crippen LogP contribution < -0.4 is 14.4 Å². The molecule has 6 nitrogen and oxygen atoms in total. The molecule has 0 saturated carbocycles. The number of aliphatic carboxylic acids is 1. The maximum Gasteiger partial charge on any atom is 0.573 e. The third kappa shape index (κ3) is 7.00. The quantitative estimate of drug-likeness (QED) is 0.385. The maximum absolute atomic E-state index is 12.6. The van der Waals surface area contributed by atoms with Gasteiger partial charge in [0.05, 0.1) is 6.54 Å². The van der Waals surface area contributed by atoms with E-state index in [4.69, 9.17) is 4.74 Å². The number of rotatable bonds is 6. The van der Waals surface area contributed by atoms with Crippen molar-refractivity contribution in [2.24, 2.45) is 0 Å². The summed E-state index contributed by atoms with van der Waals surface area (Å²) in [5.41, 5.74) is 2.74. The molecule has 0 spiro atoms. The fourth-order valence-electron chi connectivity index (χ4n) is 3.39. The Morgan fingerprint density at radius 3 is 2.00 bits per heavy atom. The Morgan fingerprint density at radius 1 is 0.889 bits per heavy atom. The van der Waals surface area contributed by atoms with Crippen molar-refractivity contribution in [2.45, 2.75) is 46.0 Å². The Labute approximate surface area is 206 Å². The first-order valence-electron chi connectivity index (χ1n) is 11.0. The van der Waals surface area contributed by atoms with Gasteiger partial charge in [-0.15, -0.1) is 13.2 Å². The van der Waals surface area contributed by atoms with Crippen LogP contribution in [0.25, 0.3) is 0 Å². The van der Waals surface area contributed by atoms with Gasteiger partial charge in [-0.2, -0.15) is 0 Å².